The van der Waals surface area contributed by atoms with Crippen molar-refractivity contribution in [1.29, 1.82) is 0 Å². The molecule has 1 N–H and O–H groups in total. The van der Waals surface area contributed by atoms with Crippen molar-refractivity contribution in [1.82, 2.24) is 5.32 Å². The Hall–Kier alpha value is -0.930. The SMILES string of the molecule is CCC1(CC)CNCC(c2ccc(C)c(F)c2)OC1. The summed E-state index contributed by atoms with van der Waals surface area (Å²) in [5.41, 5.74) is 1.83. The van der Waals surface area contributed by atoms with Gasteiger partial charge in [0.15, 0.2) is 0 Å². The number of benzene rings is 1. The Balaban J connectivity index is 2.12. The van der Waals surface area contributed by atoms with E-state index < -0.39 is 0 Å². The highest BCUT2D eigenvalue weighted by molar-refractivity contribution is 5.25. The first-order valence-electron chi connectivity index (χ1n) is 7.18. The minimum absolute atomic E-state index is 0.0462. The van der Waals surface area contributed by atoms with Gasteiger partial charge in [-0.25, -0.2) is 4.39 Å². The average molecular weight is 265 g/mol. The zero-order valence-corrected chi connectivity index (χ0v) is 12.1. The molecule has 0 aromatic heterocycles. The molecular formula is C16H24FNO. The fraction of sp³-hybridized carbons (Fsp3) is 0.625. The number of nitrogens with one attached hydrogen (secondary N) is 1. The van der Waals surface area contributed by atoms with Gasteiger partial charge in [-0.3, -0.25) is 0 Å². The molecule has 0 radical (unpaired) electrons. The van der Waals surface area contributed by atoms with Gasteiger partial charge >= 0.3 is 0 Å². The molecule has 1 heterocycles. The molecule has 1 fully saturated rings. The molecule has 1 aromatic rings. The molecule has 1 atom stereocenters. The van der Waals surface area contributed by atoms with Gasteiger partial charge < -0.3 is 10.1 Å². The number of hydrogen-bond acceptors (Lipinski definition) is 2. The summed E-state index contributed by atoms with van der Waals surface area (Å²) >= 11 is 0. The second-order valence-corrected chi connectivity index (χ2v) is 5.65. The van der Waals surface area contributed by atoms with E-state index in [9.17, 15) is 4.39 Å². The van der Waals surface area contributed by atoms with Crippen molar-refractivity contribution in [3.8, 4) is 0 Å². The highest BCUT2D eigenvalue weighted by Gasteiger charge is 2.31. The lowest BCUT2D eigenvalue weighted by molar-refractivity contribution is 0.0101. The lowest BCUT2D eigenvalue weighted by Crippen LogP contribution is -2.34. The Morgan fingerprint density at radius 2 is 2.11 bits per heavy atom. The van der Waals surface area contributed by atoms with Crippen molar-refractivity contribution in [2.75, 3.05) is 19.7 Å². The predicted octanol–water partition coefficient (Wildman–Crippen LogP) is 3.60. The standard InChI is InChI=1S/C16H24FNO/c1-4-16(5-2)10-18-9-15(19-11-16)13-7-6-12(3)14(17)8-13/h6-8,15,18H,4-5,9-11H2,1-3H3. The van der Waals surface area contributed by atoms with E-state index in [0.717, 1.165) is 38.1 Å². The van der Waals surface area contributed by atoms with Crippen LogP contribution in [0.1, 0.15) is 43.9 Å². The maximum atomic E-state index is 13.6. The summed E-state index contributed by atoms with van der Waals surface area (Å²) in [5, 5.41) is 3.48. The van der Waals surface area contributed by atoms with Gasteiger partial charge in [0.2, 0.25) is 0 Å². The number of rotatable bonds is 3. The third-order valence-electron chi connectivity index (χ3n) is 4.49. The fourth-order valence-corrected chi connectivity index (χ4v) is 2.58. The molecule has 106 valence electrons. The van der Waals surface area contributed by atoms with E-state index in [1.165, 1.54) is 0 Å². The normalized spacial score (nSPS) is 23.1. The minimum Gasteiger partial charge on any atom is -0.372 e. The van der Waals surface area contributed by atoms with E-state index in [-0.39, 0.29) is 17.3 Å². The molecule has 1 aliphatic rings. The zero-order valence-electron chi connectivity index (χ0n) is 12.1. The molecule has 1 saturated heterocycles. The van der Waals surface area contributed by atoms with Crippen LogP contribution in [0.5, 0.6) is 0 Å². The van der Waals surface area contributed by atoms with Gasteiger partial charge in [-0.15, -0.1) is 0 Å². The Kier molecular flexibility index (Phi) is 4.58. The molecule has 0 saturated carbocycles. The van der Waals surface area contributed by atoms with Crippen LogP contribution in [0.3, 0.4) is 0 Å². The first kappa shape index (κ1) is 14.5. The van der Waals surface area contributed by atoms with Gasteiger partial charge in [0.05, 0.1) is 12.7 Å². The van der Waals surface area contributed by atoms with Gasteiger partial charge in [0, 0.05) is 18.5 Å². The Labute approximate surface area is 115 Å². The van der Waals surface area contributed by atoms with Crippen LogP contribution in [-0.4, -0.2) is 19.7 Å². The van der Waals surface area contributed by atoms with Gasteiger partial charge in [-0.05, 0) is 37.0 Å². The predicted molar refractivity (Wildman–Crippen MR) is 75.7 cm³/mol. The summed E-state index contributed by atoms with van der Waals surface area (Å²) in [4.78, 5) is 0. The van der Waals surface area contributed by atoms with Gasteiger partial charge in [0.1, 0.15) is 5.82 Å². The lowest BCUT2D eigenvalue weighted by atomic mass is 9.83. The quantitative estimate of drug-likeness (QED) is 0.901. The monoisotopic (exact) mass is 265 g/mol. The van der Waals surface area contributed by atoms with Gasteiger partial charge in [-0.1, -0.05) is 26.0 Å². The molecule has 3 heteroatoms. The number of halogens is 1. The van der Waals surface area contributed by atoms with Crippen molar-refractivity contribution >= 4 is 0 Å². The smallest absolute Gasteiger partial charge is 0.126 e. The molecule has 2 nitrogen and oxygen atoms in total. The summed E-state index contributed by atoms with van der Waals surface area (Å²) in [6, 6.07) is 5.40. The Bertz CT molecular complexity index is 429. The highest BCUT2D eigenvalue weighted by Crippen LogP contribution is 2.31. The van der Waals surface area contributed by atoms with E-state index in [1.807, 2.05) is 12.1 Å². The lowest BCUT2D eigenvalue weighted by Gasteiger charge is -2.29. The van der Waals surface area contributed by atoms with E-state index in [1.54, 1.807) is 13.0 Å². The third-order valence-corrected chi connectivity index (χ3v) is 4.49. The Morgan fingerprint density at radius 1 is 1.37 bits per heavy atom. The van der Waals surface area contributed by atoms with Crippen LogP contribution in [-0.2, 0) is 4.74 Å². The summed E-state index contributed by atoms with van der Waals surface area (Å²) in [6.45, 7) is 8.67. The van der Waals surface area contributed by atoms with Crippen LogP contribution >= 0.6 is 0 Å². The van der Waals surface area contributed by atoms with Crippen LogP contribution < -0.4 is 5.32 Å². The molecule has 0 bridgehead atoms. The highest BCUT2D eigenvalue weighted by atomic mass is 19.1. The number of hydrogen-bond donors (Lipinski definition) is 1. The summed E-state index contributed by atoms with van der Waals surface area (Å²) < 4.78 is 19.7. The summed E-state index contributed by atoms with van der Waals surface area (Å²) in [6.07, 6.45) is 2.16. The van der Waals surface area contributed by atoms with E-state index in [4.69, 9.17) is 4.74 Å². The molecular weight excluding hydrogens is 241 g/mol. The third kappa shape index (κ3) is 3.15. The van der Waals surface area contributed by atoms with Gasteiger partial charge in [0.25, 0.3) is 0 Å². The number of aryl methyl sites for hydroxylation is 1. The van der Waals surface area contributed by atoms with Crippen molar-refractivity contribution < 1.29 is 9.13 Å². The van der Waals surface area contributed by atoms with Crippen LogP contribution in [0.2, 0.25) is 0 Å². The van der Waals surface area contributed by atoms with Crippen LogP contribution in [0, 0.1) is 18.2 Å². The topological polar surface area (TPSA) is 21.3 Å². The van der Waals surface area contributed by atoms with Crippen molar-refractivity contribution in [2.45, 2.75) is 39.7 Å². The first-order valence-corrected chi connectivity index (χ1v) is 7.18. The van der Waals surface area contributed by atoms with E-state index in [2.05, 4.69) is 19.2 Å². The second-order valence-electron chi connectivity index (χ2n) is 5.65. The molecule has 1 aromatic carbocycles. The zero-order chi connectivity index (χ0) is 13.9. The molecule has 19 heavy (non-hydrogen) atoms. The van der Waals surface area contributed by atoms with Crippen LogP contribution in [0.25, 0.3) is 0 Å². The van der Waals surface area contributed by atoms with Crippen molar-refractivity contribution in [2.24, 2.45) is 5.41 Å². The minimum atomic E-state index is -0.150. The first-order chi connectivity index (χ1) is 9.10. The fourth-order valence-electron chi connectivity index (χ4n) is 2.58. The Morgan fingerprint density at radius 3 is 2.74 bits per heavy atom. The maximum absolute atomic E-state index is 13.6. The van der Waals surface area contributed by atoms with Crippen LogP contribution in [0.15, 0.2) is 18.2 Å². The molecule has 0 aliphatic carbocycles. The summed E-state index contributed by atoms with van der Waals surface area (Å²) in [5.74, 6) is -0.150. The van der Waals surface area contributed by atoms with Gasteiger partial charge in [-0.2, -0.15) is 0 Å². The summed E-state index contributed by atoms with van der Waals surface area (Å²) in [7, 11) is 0. The van der Waals surface area contributed by atoms with E-state index in [0.29, 0.717) is 5.56 Å². The largest absolute Gasteiger partial charge is 0.372 e. The molecule has 2 rings (SSSR count). The molecule has 1 aliphatic heterocycles. The molecule has 0 spiro atoms. The maximum Gasteiger partial charge on any atom is 0.126 e. The van der Waals surface area contributed by atoms with E-state index >= 15 is 0 Å². The van der Waals surface area contributed by atoms with Crippen molar-refractivity contribution in [3.63, 3.8) is 0 Å². The number of ether oxygens (including phenoxy) is 1. The van der Waals surface area contributed by atoms with Crippen molar-refractivity contribution in [3.05, 3.63) is 35.1 Å². The molecule has 0 amide bonds. The molecule has 1 unspecified atom stereocenters. The van der Waals surface area contributed by atoms with Crippen LogP contribution in [0.4, 0.5) is 4.39 Å². The second kappa shape index (κ2) is 6.02. The average Bonchev–Trinajstić information content (AvgIpc) is 2.65.